The second-order valence-corrected chi connectivity index (χ2v) is 5.75. The first kappa shape index (κ1) is 17.3. The Morgan fingerprint density at radius 1 is 1.05 bits per heavy atom. The summed E-state index contributed by atoms with van der Waals surface area (Å²) in [6.07, 6.45) is 3.43. The molecular formula is C17H20IN3S. The Morgan fingerprint density at radius 3 is 2.18 bits per heavy atom. The van der Waals surface area contributed by atoms with Gasteiger partial charge in [0, 0.05) is 24.2 Å². The molecule has 116 valence electrons. The number of halogens is 1. The standard InChI is InChI=1S/C17H19N3S.HI/c1-3-16-19(14-10-6-4-7-11-14)17(21-2)18-20(16)15-12-8-5-9-13-15;/h4-13,16H,3H2,1-2H3;1H. The molecule has 2 aromatic carbocycles. The smallest absolute Gasteiger partial charge is 0.228 e. The van der Waals surface area contributed by atoms with Gasteiger partial charge in [0.1, 0.15) is 0 Å². The number of hydrogen-bond donors (Lipinski definition) is 1. The number of thioether (sulfide) groups is 1. The number of rotatable bonds is 3. The van der Waals surface area contributed by atoms with E-state index in [0.717, 1.165) is 11.6 Å². The summed E-state index contributed by atoms with van der Waals surface area (Å²) in [5.41, 5.74) is 2.43. The molecule has 1 heterocycles. The fourth-order valence-electron chi connectivity index (χ4n) is 2.75. The van der Waals surface area contributed by atoms with Gasteiger partial charge in [-0.25, -0.2) is 0 Å². The zero-order chi connectivity index (χ0) is 14.7. The molecule has 0 bridgehead atoms. The van der Waals surface area contributed by atoms with Gasteiger partial charge < -0.3 is 24.0 Å². The predicted octanol–water partition coefficient (Wildman–Crippen LogP) is 0.0973. The van der Waals surface area contributed by atoms with Crippen LogP contribution in [-0.4, -0.2) is 17.6 Å². The van der Waals surface area contributed by atoms with Crippen molar-refractivity contribution in [3.63, 3.8) is 0 Å². The Labute approximate surface area is 153 Å². The van der Waals surface area contributed by atoms with Crippen LogP contribution in [0.25, 0.3) is 0 Å². The molecule has 0 fully saturated rings. The topological polar surface area (TPSA) is 20.0 Å². The number of quaternary nitrogens is 1. The Bertz CT molecular complexity index is 618. The van der Waals surface area contributed by atoms with Gasteiger partial charge in [0.2, 0.25) is 5.17 Å². The minimum atomic E-state index is 0. The van der Waals surface area contributed by atoms with Gasteiger partial charge in [0.15, 0.2) is 11.9 Å². The maximum absolute atomic E-state index is 4.91. The van der Waals surface area contributed by atoms with Crippen molar-refractivity contribution >= 4 is 28.3 Å². The first-order valence-corrected chi connectivity index (χ1v) is 8.47. The Balaban J connectivity index is 0.00000176. The minimum absolute atomic E-state index is 0. The van der Waals surface area contributed by atoms with E-state index >= 15 is 0 Å². The van der Waals surface area contributed by atoms with Gasteiger partial charge in [-0.2, -0.15) is 5.01 Å². The van der Waals surface area contributed by atoms with Crippen molar-refractivity contribution in [3.8, 4) is 0 Å². The summed E-state index contributed by atoms with van der Waals surface area (Å²) in [5, 5.41) is 7.16. The molecule has 1 aliphatic heterocycles. The van der Waals surface area contributed by atoms with Crippen LogP contribution < -0.4 is 33.9 Å². The monoisotopic (exact) mass is 425 g/mol. The van der Waals surface area contributed by atoms with Crippen LogP contribution in [0.1, 0.15) is 13.3 Å². The SMILES string of the molecule is CCC1N(c2ccccc2)C(SC)=N[NH+]1c1ccccc1.[I-]. The molecule has 0 saturated heterocycles. The van der Waals surface area contributed by atoms with Crippen LogP contribution in [0.2, 0.25) is 0 Å². The largest absolute Gasteiger partial charge is 1.00 e. The summed E-state index contributed by atoms with van der Waals surface area (Å²) in [6, 6.07) is 21.0. The Morgan fingerprint density at radius 2 is 1.64 bits per heavy atom. The number of hydrogen-bond acceptors (Lipinski definition) is 3. The van der Waals surface area contributed by atoms with Crippen LogP contribution in [0.5, 0.6) is 0 Å². The van der Waals surface area contributed by atoms with Gasteiger partial charge in [-0.3, -0.25) is 4.90 Å². The molecule has 0 aromatic heterocycles. The molecule has 1 aliphatic rings. The molecule has 22 heavy (non-hydrogen) atoms. The molecule has 2 unspecified atom stereocenters. The fourth-order valence-corrected chi connectivity index (χ4v) is 3.37. The van der Waals surface area contributed by atoms with Crippen molar-refractivity contribution in [1.29, 1.82) is 0 Å². The second kappa shape index (κ2) is 7.99. The third-order valence-corrected chi connectivity index (χ3v) is 4.38. The van der Waals surface area contributed by atoms with Crippen molar-refractivity contribution < 1.29 is 29.0 Å². The predicted molar refractivity (Wildman–Crippen MR) is 91.0 cm³/mol. The van der Waals surface area contributed by atoms with Gasteiger partial charge in [-0.1, -0.05) is 60.2 Å². The zero-order valence-electron chi connectivity index (χ0n) is 12.7. The molecule has 5 heteroatoms. The average molecular weight is 425 g/mol. The molecule has 1 N–H and O–H groups in total. The lowest BCUT2D eigenvalue weighted by atomic mass is 10.2. The molecule has 0 aliphatic carbocycles. The highest BCUT2D eigenvalue weighted by atomic mass is 127. The first-order valence-electron chi connectivity index (χ1n) is 7.24. The maximum atomic E-state index is 4.91. The van der Waals surface area contributed by atoms with Crippen molar-refractivity contribution in [1.82, 2.24) is 0 Å². The Hall–Kier alpha value is -1.05. The molecule has 3 nitrogen and oxygen atoms in total. The van der Waals surface area contributed by atoms with Crippen LogP contribution in [0, 0.1) is 0 Å². The summed E-state index contributed by atoms with van der Waals surface area (Å²) < 4.78 is 0. The van der Waals surface area contributed by atoms with E-state index in [2.05, 4.69) is 72.7 Å². The first-order chi connectivity index (χ1) is 10.3. The normalized spacial score (nSPS) is 20.5. The number of benzene rings is 2. The lowest BCUT2D eigenvalue weighted by molar-refractivity contribution is -0.860. The van der Waals surface area contributed by atoms with Crippen LogP contribution in [-0.2, 0) is 0 Å². The van der Waals surface area contributed by atoms with E-state index in [0.29, 0.717) is 6.17 Å². The molecule has 3 rings (SSSR count). The summed E-state index contributed by atoms with van der Waals surface area (Å²) in [5.74, 6) is 0. The minimum Gasteiger partial charge on any atom is -1.00 e. The highest BCUT2D eigenvalue weighted by molar-refractivity contribution is 8.13. The van der Waals surface area contributed by atoms with E-state index in [-0.39, 0.29) is 24.0 Å². The fraction of sp³-hybridized carbons (Fsp3) is 0.235. The highest BCUT2D eigenvalue weighted by Gasteiger charge is 2.39. The molecule has 2 aromatic rings. The quantitative estimate of drug-likeness (QED) is 0.705. The number of nitrogens with zero attached hydrogens (tertiary/aromatic N) is 2. The van der Waals surface area contributed by atoms with Gasteiger partial charge in [-0.05, 0) is 18.4 Å². The molecule has 0 amide bonds. The zero-order valence-corrected chi connectivity index (χ0v) is 15.7. The summed E-state index contributed by atoms with van der Waals surface area (Å²) in [4.78, 5) is 2.35. The third kappa shape index (κ3) is 3.31. The molecule has 0 spiro atoms. The van der Waals surface area contributed by atoms with Gasteiger partial charge >= 0.3 is 0 Å². The van der Waals surface area contributed by atoms with Crippen LogP contribution in [0.3, 0.4) is 0 Å². The highest BCUT2D eigenvalue weighted by Crippen LogP contribution is 2.24. The van der Waals surface area contributed by atoms with Crippen LogP contribution in [0.4, 0.5) is 11.4 Å². The number of para-hydroxylation sites is 2. The van der Waals surface area contributed by atoms with Crippen LogP contribution >= 0.6 is 11.8 Å². The third-order valence-electron chi connectivity index (χ3n) is 3.72. The number of nitrogens with one attached hydrogen (secondary N) is 1. The van der Waals surface area contributed by atoms with Gasteiger partial charge in [-0.15, -0.1) is 0 Å². The van der Waals surface area contributed by atoms with Crippen molar-refractivity contribution in [2.75, 3.05) is 11.2 Å². The van der Waals surface area contributed by atoms with Crippen molar-refractivity contribution in [3.05, 3.63) is 60.7 Å². The van der Waals surface area contributed by atoms with E-state index in [1.54, 1.807) is 11.8 Å². The molecule has 0 saturated carbocycles. The lowest BCUT2D eigenvalue weighted by Gasteiger charge is -2.26. The van der Waals surface area contributed by atoms with E-state index in [4.69, 9.17) is 5.10 Å². The molecule has 2 atom stereocenters. The summed E-state index contributed by atoms with van der Waals surface area (Å²) >= 11 is 1.71. The molecule has 0 radical (unpaired) electrons. The second-order valence-electron chi connectivity index (χ2n) is 4.98. The van der Waals surface area contributed by atoms with Crippen molar-refractivity contribution in [2.45, 2.75) is 19.5 Å². The Kier molecular flexibility index (Phi) is 6.28. The molecular weight excluding hydrogens is 405 g/mol. The van der Waals surface area contributed by atoms with Gasteiger partial charge in [0.25, 0.3) is 0 Å². The summed E-state index contributed by atoms with van der Waals surface area (Å²) in [6.45, 7) is 2.22. The lowest BCUT2D eigenvalue weighted by Crippen LogP contribution is -3.06. The van der Waals surface area contributed by atoms with Gasteiger partial charge in [0.05, 0.1) is 0 Å². The van der Waals surface area contributed by atoms with E-state index in [1.165, 1.54) is 16.4 Å². The average Bonchev–Trinajstić information content (AvgIpc) is 2.95. The maximum Gasteiger partial charge on any atom is 0.228 e. The van der Waals surface area contributed by atoms with E-state index in [9.17, 15) is 0 Å². The number of amidine groups is 1. The van der Waals surface area contributed by atoms with E-state index < -0.39 is 0 Å². The van der Waals surface area contributed by atoms with Crippen molar-refractivity contribution in [2.24, 2.45) is 5.10 Å². The van der Waals surface area contributed by atoms with Crippen LogP contribution in [0.15, 0.2) is 65.8 Å². The summed E-state index contributed by atoms with van der Waals surface area (Å²) in [7, 11) is 0. The van der Waals surface area contributed by atoms with E-state index in [1.807, 2.05) is 6.07 Å². The number of anilines is 1.